The van der Waals surface area contributed by atoms with Gasteiger partial charge in [-0.3, -0.25) is 4.79 Å². The van der Waals surface area contributed by atoms with Gasteiger partial charge in [0, 0.05) is 13.3 Å². The van der Waals surface area contributed by atoms with E-state index in [1.807, 2.05) is 12.1 Å². The normalized spacial score (nSPS) is 38.8. The molecule has 0 spiro atoms. The Morgan fingerprint density at radius 3 is 2.23 bits per heavy atom. The van der Waals surface area contributed by atoms with Crippen LogP contribution in [0.2, 0.25) is 0 Å². The van der Waals surface area contributed by atoms with Gasteiger partial charge in [-0.1, -0.05) is 0 Å². The third-order valence-electron chi connectivity index (χ3n) is 5.40. The fraction of sp³-hybridized carbons (Fsp3) is 0.611. The summed E-state index contributed by atoms with van der Waals surface area (Å²) in [4.78, 5) is 11.0. The van der Waals surface area contributed by atoms with Gasteiger partial charge in [-0.25, -0.2) is 0 Å². The Hall–Kier alpha value is -1.55. The minimum absolute atomic E-state index is 0.207. The van der Waals surface area contributed by atoms with E-state index < -0.39 is 5.60 Å². The molecule has 0 amide bonds. The second-order valence-corrected chi connectivity index (χ2v) is 7.54. The van der Waals surface area contributed by atoms with Gasteiger partial charge in [0.2, 0.25) is 0 Å². The molecule has 4 heteroatoms. The number of benzene rings is 1. The topological polar surface area (TPSA) is 55.8 Å². The van der Waals surface area contributed by atoms with Gasteiger partial charge in [-0.05, 0) is 68.2 Å². The van der Waals surface area contributed by atoms with Crippen LogP contribution in [-0.2, 0) is 4.79 Å². The number of carbonyl (C=O) groups excluding carboxylic acids is 1. The molecule has 118 valence electrons. The maximum Gasteiger partial charge on any atom is 0.308 e. The lowest BCUT2D eigenvalue weighted by atomic mass is 9.52. The lowest BCUT2D eigenvalue weighted by Gasteiger charge is -2.59. The molecule has 4 aliphatic rings. The monoisotopic (exact) mass is 302 g/mol. The van der Waals surface area contributed by atoms with Gasteiger partial charge >= 0.3 is 5.97 Å². The van der Waals surface area contributed by atoms with E-state index in [1.165, 1.54) is 13.3 Å². The summed E-state index contributed by atoms with van der Waals surface area (Å²) >= 11 is 0. The van der Waals surface area contributed by atoms with Crippen LogP contribution >= 0.6 is 0 Å². The van der Waals surface area contributed by atoms with Crippen molar-refractivity contribution in [3.8, 4) is 11.5 Å². The summed E-state index contributed by atoms with van der Waals surface area (Å²) in [5.74, 6) is 2.21. The van der Waals surface area contributed by atoms with Crippen LogP contribution in [0.15, 0.2) is 24.3 Å². The second-order valence-electron chi connectivity index (χ2n) is 7.54. The van der Waals surface area contributed by atoms with Crippen LogP contribution in [0.1, 0.15) is 45.4 Å². The Morgan fingerprint density at radius 1 is 1.09 bits per heavy atom. The molecular weight excluding hydrogens is 280 g/mol. The summed E-state index contributed by atoms with van der Waals surface area (Å²) in [5, 5.41) is 10.8. The molecule has 0 aliphatic heterocycles. The molecule has 1 N–H and O–H groups in total. The van der Waals surface area contributed by atoms with Gasteiger partial charge in [0.05, 0.1) is 5.60 Å². The summed E-state index contributed by atoms with van der Waals surface area (Å²) in [5.41, 5.74) is -0.719. The summed E-state index contributed by atoms with van der Waals surface area (Å²) in [6, 6.07) is 7.21. The number of hydrogen-bond donors (Lipinski definition) is 1. The first-order valence-corrected chi connectivity index (χ1v) is 8.14. The van der Waals surface area contributed by atoms with Crippen LogP contribution < -0.4 is 9.47 Å². The van der Waals surface area contributed by atoms with Crippen molar-refractivity contribution in [2.24, 2.45) is 11.8 Å². The van der Waals surface area contributed by atoms with E-state index in [0.29, 0.717) is 17.6 Å². The zero-order valence-corrected chi connectivity index (χ0v) is 12.9. The molecule has 1 aromatic carbocycles. The molecule has 0 aromatic heterocycles. The quantitative estimate of drug-likeness (QED) is 0.688. The lowest BCUT2D eigenvalue weighted by molar-refractivity contribution is -0.188. The fourth-order valence-corrected chi connectivity index (χ4v) is 5.24. The van der Waals surface area contributed by atoms with Crippen molar-refractivity contribution in [1.82, 2.24) is 0 Å². The number of hydrogen-bond acceptors (Lipinski definition) is 4. The summed E-state index contributed by atoms with van der Waals surface area (Å²) in [7, 11) is 0. The number of ether oxygens (including phenoxy) is 2. The van der Waals surface area contributed by atoms with Gasteiger partial charge < -0.3 is 14.6 Å². The fourth-order valence-electron chi connectivity index (χ4n) is 5.24. The van der Waals surface area contributed by atoms with Crippen LogP contribution in [0, 0.1) is 11.8 Å². The zero-order valence-electron chi connectivity index (χ0n) is 12.9. The Balaban J connectivity index is 1.52. The molecule has 4 fully saturated rings. The number of aliphatic hydroxyl groups is 1. The maximum atomic E-state index is 11.0. The highest BCUT2D eigenvalue weighted by Crippen LogP contribution is 2.58. The summed E-state index contributed by atoms with van der Waals surface area (Å²) in [6.45, 7) is 1.39. The molecule has 4 bridgehead atoms. The van der Waals surface area contributed by atoms with Crippen LogP contribution in [0.4, 0.5) is 0 Å². The first-order valence-electron chi connectivity index (χ1n) is 8.14. The molecule has 1 aromatic rings. The van der Waals surface area contributed by atoms with Gasteiger partial charge in [0.1, 0.15) is 17.1 Å². The van der Waals surface area contributed by atoms with Gasteiger partial charge in [0.25, 0.3) is 0 Å². The molecule has 4 saturated carbocycles. The Morgan fingerprint density at radius 2 is 1.68 bits per heavy atom. The van der Waals surface area contributed by atoms with Crippen LogP contribution in [0.5, 0.6) is 11.5 Å². The van der Waals surface area contributed by atoms with Gasteiger partial charge in [-0.15, -0.1) is 0 Å². The van der Waals surface area contributed by atoms with Gasteiger partial charge in [-0.2, -0.15) is 0 Å². The highest BCUT2D eigenvalue weighted by atomic mass is 16.5. The Bertz CT molecular complexity index is 578. The zero-order chi connectivity index (χ0) is 15.4. The van der Waals surface area contributed by atoms with Crippen LogP contribution in [0.25, 0.3) is 0 Å². The summed E-state index contributed by atoms with van der Waals surface area (Å²) in [6.07, 6.45) is 5.99. The first-order chi connectivity index (χ1) is 10.4. The molecule has 5 rings (SSSR count). The molecule has 2 atom stereocenters. The standard InChI is InChI=1S/C18H22O4/c1-12(19)21-15-2-4-16(5-3-15)22-18-9-13-6-14(10-18)8-17(20,7-13)11-18/h2-5,13-14,20H,6-11H2,1H3. The lowest BCUT2D eigenvalue weighted by Crippen LogP contribution is -2.61. The number of rotatable bonds is 3. The van der Waals surface area contributed by atoms with Crippen LogP contribution in [-0.4, -0.2) is 22.3 Å². The number of carbonyl (C=O) groups is 1. The predicted octanol–water partition coefficient (Wildman–Crippen LogP) is 3.07. The Kier molecular flexibility index (Phi) is 3.02. The van der Waals surface area contributed by atoms with Crippen molar-refractivity contribution in [1.29, 1.82) is 0 Å². The molecule has 0 radical (unpaired) electrons. The van der Waals surface area contributed by atoms with E-state index in [4.69, 9.17) is 9.47 Å². The van der Waals surface area contributed by atoms with Crippen molar-refractivity contribution in [3.63, 3.8) is 0 Å². The molecule has 0 saturated heterocycles. The molecule has 22 heavy (non-hydrogen) atoms. The van der Waals surface area contributed by atoms with Crippen molar-refractivity contribution in [2.45, 2.75) is 56.7 Å². The average molecular weight is 302 g/mol. The molecular formula is C18H22O4. The molecule has 4 nitrogen and oxygen atoms in total. The largest absolute Gasteiger partial charge is 0.487 e. The highest BCUT2D eigenvalue weighted by molar-refractivity contribution is 5.69. The summed E-state index contributed by atoms with van der Waals surface area (Å²) < 4.78 is 11.4. The van der Waals surface area contributed by atoms with E-state index in [0.717, 1.165) is 37.9 Å². The average Bonchev–Trinajstić information content (AvgIpc) is 2.37. The van der Waals surface area contributed by atoms with Crippen molar-refractivity contribution in [3.05, 3.63) is 24.3 Å². The number of esters is 1. The van der Waals surface area contributed by atoms with E-state index in [-0.39, 0.29) is 11.6 Å². The van der Waals surface area contributed by atoms with Gasteiger partial charge in [0.15, 0.2) is 0 Å². The van der Waals surface area contributed by atoms with E-state index in [9.17, 15) is 9.90 Å². The van der Waals surface area contributed by atoms with Crippen molar-refractivity contribution < 1.29 is 19.4 Å². The highest BCUT2D eigenvalue weighted by Gasteiger charge is 2.58. The molecule has 0 heterocycles. The van der Waals surface area contributed by atoms with Crippen molar-refractivity contribution >= 4 is 5.97 Å². The first kappa shape index (κ1) is 14.1. The van der Waals surface area contributed by atoms with E-state index >= 15 is 0 Å². The van der Waals surface area contributed by atoms with Crippen LogP contribution in [0.3, 0.4) is 0 Å². The van der Waals surface area contributed by atoms with E-state index in [1.54, 1.807) is 12.1 Å². The minimum Gasteiger partial charge on any atom is -0.487 e. The third kappa shape index (κ3) is 2.50. The predicted molar refractivity (Wildman–Crippen MR) is 80.7 cm³/mol. The smallest absolute Gasteiger partial charge is 0.308 e. The molecule has 4 aliphatic carbocycles. The Labute approximate surface area is 130 Å². The van der Waals surface area contributed by atoms with Crippen molar-refractivity contribution in [2.75, 3.05) is 0 Å². The minimum atomic E-state index is -0.512. The maximum absolute atomic E-state index is 11.0. The second kappa shape index (κ2) is 4.72. The SMILES string of the molecule is CC(=O)Oc1ccc(OC23CC4CC(CC(O)(C4)C2)C3)cc1. The van der Waals surface area contributed by atoms with E-state index in [2.05, 4.69) is 0 Å². The third-order valence-corrected chi connectivity index (χ3v) is 5.40. The molecule has 2 unspecified atom stereocenters.